The maximum Gasteiger partial charge on any atom is 0.326 e. The van der Waals surface area contributed by atoms with Gasteiger partial charge in [-0.25, -0.2) is 4.79 Å². The van der Waals surface area contributed by atoms with Crippen LogP contribution in [0, 0.1) is 11.8 Å². The number of nitrogens with one attached hydrogen (secondary N) is 3. The molecule has 1 aromatic carbocycles. The van der Waals surface area contributed by atoms with Crippen molar-refractivity contribution < 1.29 is 43.8 Å². The molecular weight excluding hydrogens is 670 g/mol. The number of rotatable bonds is 25. The van der Waals surface area contributed by atoms with Crippen LogP contribution in [0.15, 0.2) is 30.3 Å². The van der Waals surface area contributed by atoms with Crippen LogP contribution in [-0.2, 0) is 40.0 Å². The number of nitrogens with zero attached hydrogens (tertiary/aromatic N) is 1. The number of benzene rings is 1. The van der Waals surface area contributed by atoms with Crippen LogP contribution < -0.4 is 21.7 Å². The third kappa shape index (κ3) is 14.6. The molecule has 5 amide bonds. The SMILES string of the molecule is CCCCCCCCCCCCCC(=O)NC(C(N)=O)C(C(=O)O)[C@H](C)C(=O)N[C@@H](C)C(=O)N1CCC[C@H]1C(=O)N[C@@H](Cc1ccccc1)C(=O)O. The summed E-state index contributed by atoms with van der Waals surface area (Å²) in [6.07, 6.45) is 12.9. The zero-order valence-electron chi connectivity index (χ0n) is 30.9. The van der Waals surface area contributed by atoms with Gasteiger partial charge in [0.15, 0.2) is 0 Å². The van der Waals surface area contributed by atoms with E-state index >= 15 is 0 Å². The molecule has 0 spiro atoms. The smallest absolute Gasteiger partial charge is 0.326 e. The van der Waals surface area contributed by atoms with Gasteiger partial charge in [0.2, 0.25) is 29.5 Å². The van der Waals surface area contributed by atoms with Crippen molar-refractivity contribution >= 4 is 41.5 Å². The largest absolute Gasteiger partial charge is 0.481 e. The van der Waals surface area contributed by atoms with E-state index in [2.05, 4.69) is 22.9 Å². The summed E-state index contributed by atoms with van der Waals surface area (Å²) in [5.41, 5.74) is 6.22. The maximum absolute atomic E-state index is 13.4. The molecule has 0 aliphatic carbocycles. The molecule has 14 nitrogen and oxygen atoms in total. The molecule has 2 rings (SSSR count). The van der Waals surface area contributed by atoms with Crippen molar-refractivity contribution in [2.75, 3.05) is 6.54 Å². The number of hydrogen-bond acceptors (Lipinski definition) is 7. The average Bonchev–Trinajstić information content (AvgIpc) is 3.60. The van der Waals surface area contributed by atoms with Crippen molar-refractivity contribution in [3.8, 4) is 0 Å². The van der Waals surface area contributed by atoms with Crippen LogP contribution in [0.5, 0.6) is 0 Å². The summed E-state index contributed by atoms with van der Waals surface area (Å²) in [6, 6.07) is 3.73. The van der Waals surface area contributed by atoms with Gasteiger partial charge in [0.25, 0.3) is 0 Å². The molecule has 6 atom stereocenters. The number of carbonyl (C=O) groups is 7. The number of likely N-dealkylation sites (tertiary alicyclic amines) is 1. The van der Waals surface area contributed by atoms with E-state index in [0.717, 1.165) is 25.7 Å². The molecule has 52 heavy (non-hydrogen) atoms. The topological polar surface area (TPSA) is 225 Å². The monoisotopic (exact) mass is 729 g/mol. The van der Waals surface area contributed by atoms with Crippen molar-refractivity contribution in [2.24, 2.45) is 17.6 Å². The van der Waals surface area contributed by atoms with Gasteiger partial charge < -0.3 is 36.8 Å². The van der Waals surface area contributed by atoms with Crippen LogP contribution in [0.25, 0.3) is 0 Å². The molecule has 0 radical (unpaired) electrons. The van der Waals surface area contributed by atoms with E-state index in [0.29, 0.717) is 18.4 Å². The summed E-state index contributed by atoms with van der Waals surface area (Å²) in [5.74, 6) is -9.64. The van der Waals surface area contributed by atoms with E-state index in [4.69, 9.17) is 5.73 Å². The molecular formula is C38H59N5O9. The van der Waals surface area contributed by atoms with Crippen molar-refractivity contribution in [1.29, 1.82) is 0 Å². The molecule has 0 bridgehead atoms. The second kappa shape index (κ2) is 23.1. The molecule has 290 valence electrons. The Morgan fingerprint density at radius 1 is 0.808 bits per heavy atom. The molecule has 0 aromatic heterocycles. The van der Waals surface area contributed by atoms with Crippen LogP contribution in [0.3, 0.4) is 0 Å². The minimum atomic E-state index is -1.72. The van der Waals surface area contributed by atoms with Crippen molar-refractivity contribution in [3.05, 3.63) is 35.9 Å². The van der Waals surface area contributed by atoms with Crippen LogP contribution >= 0.6 is 0 Å². The zero-order valence-corrected chi connectivity index (χ0v) is 30.9. The number of carboxylic acid groups (broad SMARTS) is 2. The zero-order chi connectivity index (χ0) is 38.6. The van der Waals surface area contributed by atoms with Gasteiger partial charge in [-0.15, -0.1) is 0 Å². The number of carbonyl (C=O) groups excluding carboxylic acids is 5. The second-order valence-corrected chi connectivity index (χ2v) is 13.9. The molecule has 0 saturated carbocycles. The first-order valence-corrected chi connectivity index (χ1v) is 18.8. The highest BCUT2D eigenvalue weighted by molar-refractivity contribution is 5.96. The van der Waals surface area contributed by atoms with E-state index in [9.17, 15) is 43.8 Å². The maximum atomic E-state index is 13.4. The van der Waals surface area contributed by atoms with E-state index < -0.39 is 77.5 Å². The summed E-state index contributed by atoms with van der Waals surface area (Å²) < 4.78 is 0. The number of nitrogens with two attached hydrogens (primary N) is 1. The number of amides is 5. The Kier molecular flexibility index (Phi) is 19.4. The Morgan fingerprint density at radius 2 is 1.38 bits per heavy atom. The minimum Gasteiger partial charge on any atom is -0.481 e. The lowest BCUT2D eigenvalue weighted by molar-refractivity contribution is -0.151. The number of unbranched alkanes of at least 4 members (excludes halogenated alkanes) is 10. The highest BCUT2D eigenvalue weighted by atomic mass is 16.4. The van der Waals surface area contributed by atoms with Crippen molar-refractivity contribution in [2.45, 2.75) is 141 Å². The molecule has 1 aliphatic rings. The number of primary amides is 1. The van der Waals surface area contributed by atoms with Crippen LogP contribution in [0.1, 0.15) is 116 Å². The second-order valence-electron chi connectivity index (χ2n) is 13.9. The standard InChI is InChI=1S/C38H59N5O9/c1-4-5-6-7-8-9-10-11-12-13-17-22-30(44)42-32(33(39)45)31(38(51)52)25(2)34(46)40-26(3)36(48)43-23-18-21-29(43)35(47)41-28(37(49)50)24-27-19-15-14-16-20-27/h14-16,19-20,25-26,28-29,31-32H,4-13,17-18,21-24H2,1-3H3,(H2,39,45)(H,40,46)(H,41,47)(H,42,44)(H,49,50)(H,51,52)/t25-,26-,28-,29-,31?,32?/m0/s1. The molecule has 1 fully saturated rings. The molecule has 2 unspecified atom stereocenters. The lowest BCUT2D eigenvalue weighted by Crippen LogP contribution is -2.57. The Hall–Kier alpha value is -4.49. The predicted octanol–water partition coefficient (Wildman–Crippen LogP) is 3.30. The molecule has 1 aromatic rings. The summed E-state index contributed by atoms with van der Waals surface area (Å²) in [4.78, 5) is 90.5. The van der Waals surface area contributed by atoms with Gasteiger partial charge in [-0.05, 0) is 31.7 Å². The molecule has 14 heteroatoms. The van der Waals surface area contributed by atoms with Gasteiger partial charge in [0.05, 0.1) is 11.8 Å². The summed E-state index contributed by atoms with van der Waals surface area (Å²) in [5, 5.41) is 27.2. The van der Waals surface area contributed by atoms with Gasteiger partial charge in [0.1, 0.15) is 24.2 Å². The first-order chi connectivity index (χ1) is 24.8. The number of carboxylic acids is 2. The van der Waals surface area contributed by atoms with E-state index in [1.54, 1.807) is 30.3 Å². The van der Waals surface area contributed by atoms with Crippen molar-refractivity contribution in [1.82, 2.24) is 20.9 Å². The third-order valence-electron chi connectivity index (χ3n) is 9.69. The van der Waals surface area contributed by atoms with Crippen molar-refractivity contribution in [3.63, 3.8) is 0 Å². The third-order valence-corrected chi connectivity index (χ3v) is 9.69. The highest BCUT2D eigenvalue weighted by Crippen LogP contribution is 2.21. The van der Waals surface area contributed by atoms with Gasteiger partial charge >= 0.3 is 11.9 Å². The summed E-state index contributed by atoms with van der Waals surface area (Å²) in [7, 11) is 0. The lowest BCUT2D eigenvalue weighted by Gasteiger charge is -2.30. The fourth-order valence-electron chi connectivity index (χ4n) is 6.62. The Balaban J connectivity index is 1.92. The quantitative estimate of drug-likeness (QED) is 0.0811. The first-order valence-electron chi connectivity index (χ1n) is 18.8. The molecule has 1 heterocycles. The van der Waals surface area contributed by atoms with E-state index in [1.807, 2.05) is 0 Å². The molecule has 7 N–H and O–H groups in total. The fraction of sp³-hybridized carbons (Fsp3) is 0.658. The van der Waals surface area contributed by atoms with Gasteiger partial charge in [-0.1, -0.05) is 108 Å². The van der Waals surface area contributed by atoms with E-state index in [1.165, 1.54) is 57.3 Å². The average molecular weight is 730 g/mol. The molecule has 1 saturated heterocycles. The predicted molar refractivity (Wildman–Crippen MR) is 195 cm³/mol. The fourth-order valence-corrected chi connectivity index (χ4v) is 6.62. The Bertz CT molecular complexity index is 1340. The lowest BCUT2D eigenvalue weighted by atomic mass is 9.85. The Labute approximate surface area is 307 Å². The number of aliphatic carboxylic acids is 2. The normalized spacial score (nSPS) is 16.9. The Morgan fingerprint density at radius 3 is 1.92 bits per heavy atom. The highest BCUT2D eigenvalue weighted by Gasteiger charge is 2.42. The molecule has 1 aliphatic heterocycles. The van der Waals surface area contributed by atoms with E-state index in [-0.39, 0.29) is 25.8 Å². The minimum absolute atomic E-state index is 0.0454. The number of hydrogen-bond donors (Lipinski definition) is 6. The van der Waals surface area contributed by atoms with Gasteiger partial charge in [0, 0.05) is 19.4 Å². The van der Waals surface area contributed by atoms with Gasteiger partial charge in [-0.3, -0.25) is 28.8 Å². The summed E-state index contributed by atoms with van der Waals surface area (Å²) in [6.45, 7) is 5.03. The van der Waals surface area contributed by atoms with Gasteiger partial charge in [-0.2, -0.15) is 0 Å². The van der Waals surface area contributed by atoms with Crippen LogP contribution in [0.2, 0.25) is 0 Å². The first kappa shape index (κ1) is 43.7. The summed E-state index contributed by atoms with van der Waals surface area (Å²) >= 11 is 0. The van der Waals surface area contributed by atoms with Crippen LogP contribution in [0.4, 0.5) is 0 Å². The van der Waals surface area contributed by atoms with Crippen LogP contribution in [-0.4, -0.2) is 87.3 Å².